The molecule has 0 fully saturated rings. The van der Waals surface area contributed by atoms with Crippen molar-refractivity contribution in [2.75, 3.05) is 13.6 Å². The van der Waals surface area contributed by atoms with Gasteiger partial charge in [0.15, 0.2) is 0 Å². The van der Waals surface area contributed by atoms with E-state index < -0.39 is 0 Å². The highest BCUT2D eigenvalue weighted by Gasteiger charge is 2.02. The molecule has 0 aromatic rings. The second kappa shape index (κ2) is 11.4. The van der Waals surface area contributed by atoms with Gasteiger partial charge in [-0.1, -0.05) is 39.5 Å². The third kappa shape index (κ3) is 7.75. The zero-order chi connectivity index (χ0) is 10.7. The minimum atomic E-state index is 0.220. The molecule has 1 unspecified atom stereocenters. The lowest BCUT2D eigenvalue weighted by atomic mass is 10.1. The van der Waals surface area contributed by atoms with Crippen molar-refractivity contribution in [1.82, 2.24) is 5.32 Å². The van der Waals surface area contributed by atoms with E-state index in [2.05, 4.69) is 24.9 Å². The molecule has 0 radical (unpaired) electrons. The molecule has 0 spiro atoms. The van der Waals surface area contributed by atoms with Crippen LogP contribution >= 0.6 is 0 Å². The summed E-state index contributed by atoms with van der Waals surface area (Å²) in [4.78, 5) is 0. The Bertz CT molecular complexity index is 135. The van der Waals surface area contributed by atoms with Crippen LogP contribution in [0.5, 0.6) is 0 Å². The molecular formula is C11H24N2. The molecule has 13 heavy (non-hydrogen) atoms. The number of hydrogen-bond donors (Lipinski definition) is 2. The molecule has 2 heteroatoms. The zero-order valence-electron chi connectivity index (χ0n) is 9.43. The highest BCUT2D eigenvalue weighted by molar-refractivity contribution is 5.21. The monoisotopic (exact) mass is 184 g/mol. The summed E-state index contributed by atoms with van der Waals surface area (Å²) in [5, 5.41) is 3.08. The van der Waals surface area contributed by atoms with Gasteiger partial charge in [0.2, 0.25) is 0 Å². The normalized spacial score (nSPS) is 12.1. The maximum atomic E-state index is 5.50. The Kier molecular flexibility index (Phi) is 13.1. The summed E-state index contributed by atoms with van der Waals surface area (Å²) in [5.41, 5.74) is 6.55. The van der Waals surface area contributed by atoms with E-state index in [-0.39, 0.29) is 6.04 Å². The molecule has 0 aromatic carbocycles. The van der Waals surface area contributed by atoms with Crippen molar-refractivity contribution < 1.29 is 0 Å². The van der Waals surface area contributed by atoms with Crippen LogP contribution in [0.3, 0.4) is 0 Å². The Morgan fingerprint density at radius 1 is 1.54 bits per heavy atom. The van der Waals surface area contributed by atoms with Crippen LogP contribution in [0.25, 0.3) is 0 Å². The summed E-state index contributed by atoms with van der Waals surface area (Å²) in [7, 11) is 1.89. The molecule has 3 N–H and O–H groups in total. The maximum absolute atomic E-state index is 5.50. The van der Waals surface area contributed by atoms with E-state index in [1.165, 1.54) is 0 Å². The molecule has 0 saturated carbocycles. The largest absolute Gasteiger partial charge is 0.329 e. The van der Waals surface area contributed by atoms with Crippen LogP contribution < -0.4 is 11.1 Å². The van der Waals surface area contributed by atoms with Crippen molar-refractivity contribution >= 4 is 0 Å². The SMILES string of the molecule is C=C(/C=C\CC)C(CN)NC.CC. The predicted molar refractivity (Wildman–Crippen MR) is 61.8 cm³/mol. The van der Waals surface area contributed by atoms with Crippen LogP contribution in [0.4, 0.5) is 0 Å². The average molecular weight is 184 g/mol. The molecule has 0 heterocycles. The first kappa shape index (κ1) is 14.9. The van der Waals surface area contributed by atoms with Gasteiger partial charge < -0.3 is 11.1 Å². The number of hydrogen-bond acceptors (Lipinski definition) is 2. The summed E-state index contributed by atoms with van der Waals surface area (Å²) < 4.78 is 0. The quantitative estimate of drug-likeness (QED) is 0.642. The van der Waals surface area contributed by atoms with Gasteiger partial charge in [-0.25, -0.2) is 0 Å². The van der Waals surface area contributed by atoms with Crippen molar-refractivity contribution in [2.24, 2.45) is 5.73 Å². The lowest BCUT2D eigenvalue weighted by Crippen LogP contribution is -2.34. The molecular weight excluding hydrogens is 160 g/mol. The van der Waals surface area contributed by atoms with Crippen LogP contribution in [-0.2, 0) is 0 Å². The molecule has 78 valence electrons. The van der Waals surface area contributed by atoms with Crippen LogP contribution in [0, 0.1) is 0 Å². The third-order valence-electron chi connectivity index (χ3n) is 1.60. The summed E-state index contributed by atoms with van der Waals surface area (Å²) >= 11 is 0. The van der Waals surface area contributed by atoms with E-state index in [0.717, 1.165) is 12.0 Å². The Morgan fingerprint density at radius 3 is 2.38 bits per heavy atom. The number of allylic oxidation sites excluding steroid dienone is 1. The molecule has 0 aliphatic heterocycles. The number of nitrogens with two attached hydrogens (primary N) is 1. The first-order valence-electron chi connectivity index (χ1n) is 4.98. The zero-order valence-corrected chi connectivity index (χ0v) is 9.43. The lowest BCUT2D eigenvalue weighted by molar-refractivity contribution is 0.657. The van der Waals surface area contributed by atoms with E-state index >= 15 is 0 Å². The molecule has 2 nitrogen and oxygen atoms in total. The van der Waals surface area contributed by atoms with Gasteiger partial charge >= 0.3 is 0 Å². The second-order valence-corrected chi connectivity index (χ2v) is 2.46. The van der Waals surface area contributed by atoms with E-state index in [4.69, 9.17) is 5.73 Å². The van der Waals surface area contributed by atoms with Gasteiger partial charge in [-0.05, 0) is 19.0 Å². The third-order valence-corrected chi connectivity index (χ3v) is 1.60. The van der Waals surface area contributed by atoms with Crippen LogP contribution in [0.1, 0.15) is 27.2 Å². The molecule has 0 amide bonds. The predicted octanol–water partition coefficient (Wildman–Crippen LogP) is 2.08. The molecule has 0 aliphatic carbocycles. The smallest absolute Gasteiger partial charge is 0.0436 e. The van der Waals surface area contributed by atoms with Crippen LogP contribution in [0.2, 0.25) is 0 Å². The van der Waals surface area contributed by atoms with Crippen LogP contribution in [0.15, 0.2) is 24.3 Å². The first-order valence-corrected chi connectivity index (χ1v) is 4.98. The maximum Gasteiger partial charge on any atom is 0.0436 e. The molecule has 0 saturated heterocycles. The summed E-state index contributed by atoms with van der Waals surface area (Å²) in [6.45, 7) is 10.6. The van der Waals surface area contributed by atoms with Gasteiger partial charge in [-0.3, -0.25) is 0 Å². The van der Waals surface area contributed by atoms with Crippen LogP contribution in [-0.4, -0.2) is 19.6 Å². The molecule has 0 aromatic heterocycles. The Morgan fingerprint density at radius 2 is 2.08 bits per heavy atom. The van der Waals surface area contributed by atoms with Crippen molar-refractivity contribution in [3.63, 3.8) is 0 Å². The molecule has 0 aliphatic rings. The fraction of sp³-hybridized carbons (Fsp3) is 0.636. The van der Waals surface area contributed by atoms with Crippen molar-refractivity contribution in [2.45, 2.75) is 33.2 Å². The number of rotatable bonds is 5. The minimum Gasteiger partial charge on any atom is -0.329 e. The number of likely N-dealkylation sites (N-methyl/N-ethyl adjacent to an activating group) is 1. The van der Waals surface area contributed by atoms with Gasteiger partial charge in [-0.15, -0.1) is 0 Å². The topological polar surface area (TPSA) is 38.0 Å². The van der Waals surface area contributed by atoms with Gasteiger partial charge in [-0.2, -0.15) is 0 Å². The first-order chi connectivity index (χ1) is 6.26. The van der Waals surface area contributed by atoms with Gasteiger partial charge in [0.1, 0.15) is 0 Å². The van der Waals surface area contributed by atoms with Crippen molar-refractivity contribution in [3.05, 3.63) is 24.3 Å². The highest BCUT2D eigenvalue weighted by Crippen LogP contribution is 1.99. The van der Waals surface area contributed by atoms with Gasteiger partial charge in [0, 0.05) is 12.6 Å². The highest BCUT2D eigenvalue weighted by atomic mass is 14.9. The molecule has 0 bridgehead atoms. The summed E-state index contributed by atoms with van der Waals surface area (Å²) in [5.74, 6) is 0. The van der Waals surface area contributed by atoms with E-state index in [1.807, 2.05) is 27.0 Å². The van der Waals surface area contributed by atoms with Gasteiger partial charge in [0.05, 0.1) is 0 Å². The van der Waals surface area contributed by atoms with Gasteiger partial charge in [0.25, 0.3) is 0 Å². The molecule has 0 rings (SSSR count). The van der Waals surface area contributed by atoms with Crippen molar-refractivity contribution in [3.8, 4) is 0 Å². The summed E-state index contributed by atoms with van der Waals surface area (Å²) in [6.07, 6.45) is 5.15. The lowest BCUT2D eigenvalue weighted by Gasteiger charge is -2.13. The molecule has 1 atom stereocenters. The Hall–Kier alpha value is -0.600. The Balaban J connectivity index is 0. The van der Waals surface area contributed by atoms with E-state index in [1.54, 1.807) is 0 Å². The fourth-order valence-electron chi connectivity index (χ4n) is 0.840. The minimum absolute atomic E-state index is 0.220. The Labute approximate surface area is 82.9 Å². The van der Waals surface area contributed by atoms with E-state index in [9.17, 15) is 0 Å². The average Bonchev–Trinajstić information content (AvgIpc) is 2.19. The van der Waals surface area contributed by atoms with E-state index in [0.29, 0.717) is 6.54 Å². The number of nitrogens with one attached hydrogen (secondary N) is 1. The second-order valence-electron chi connectivity index (χ2n) is 2.46. The summed E-state index contributed by atoms with van der Waals surface area (Å²) in [6, 6.07) is 0.220. The van der Waals surface area contributed by atoms with Crippen molar-refractivity contribution in [1.29, 1.82) is 0 Å². The fourth-order valence-corrected chi connectivity index (χ4v) is 0.840. The standard InChI is InChI=1S/C9H18N2.C2H6/c1-4-5-6-8(2)9(7-10)11-3;1-2/h5-6,9,11H,2,4,7,10H2,1,3H3;1-2H3/b6-5-;.